The van der Waals surface area contributed by atoms with Crippen molar-refractivity contribution in [3.63, 3.8) is 0 Å². The molecule has 1 aliphatic heterocycles. The lowest BCUT2D eigenvalue weighted by Gasteiger charge is -2.21. The number of aliphatic carboxylic acids is 1. The van der Waals surface area contributed by atoms with E-state index in [1.165, 1.54) is 12.5 Å². The Balaban J connectivity index is 2.31. The fourth-order valence-corrected chi connectivity index (χ4v) is 2.64. The zero-order valence-electron chi connectivity index (χ0n) is 10.3. The molecular formula is C14H16BrNO2. The van der Waals surface area contributed by atoms with Crippen molar-refractivity contribution in [1.29, 1.82) is 0 Å². The molecule has 0 amide bonds. The van der Waals surface area contributed by atoms with Crippen LogP contribution in [-0.4, -0.2) is 24.2 Å². The van der Waals surface area contributed by atoms with Crippen LogP contribution in [0.2, 0.25) is 0 Å². The van der Waals surface area contributed by atoms with Gasteiger partial charge in [-0.2, -0.15) is 0 Å². The summed E-state index contributed by atoms with van der Waals surface area (Å²) in [6.45, 7) is 4.32. The number of benzene rings is 1. The highest BCUT2D eigenvalue weighted by Crippen LogP contribution is 2.30. The van der Waals surface area contributed by atoms with Crippen molar-refractivity contribution in [2.75, 3.05) is 18.0 Å². The molecule has 2 rings (SSSR count). The van der Waals surface area contributed by atoms with Crippen LogP contribution < -0.4 is 4.90 Å². The number of rotatable bonds is 3. The fraction of sp³-hybridized carbons (Fsp3) is 0.357. The van der Waals surface area contributed by atoms with Gasteiger partial charge in [-0.25, -0.2) is 4.79 Å². The molecule has 1 heterocycles. The fourth-order valence-electron chi connectivity index (χ4n) is 2.26. The quantitative estimate of drug-likeness (QED) is 0.870. The van der Waals surface area contributed by atoms with Crippen molar-refractivity contribution < 1.29 is 9.90 Å². The first-order chi connectivity index (χ1) is 8.56. The van der Waals surface area contributed by atoms with Crippen LogP contribution in [0.25, 0.3) is 6.08 Å². The van der Waals surface area contributed by atoms with Gasteiger partial charge >= 0.3 is 5.97 Å². The Labute approximate surface area is 115 Å². The standard InChI is InChI=1S/C14H16BrNO2/c1-10-6-7-16(9-10)13-4-3-12(15)8-11(13)2-5-14(17)18/h2-5,8,10H,6-7,9H2,1H3,(H,17,18)/b5-2+. The van der Waals surface area contributed by atoms with Crippen molar-refractivity contribution in [1.82, 2.24) is 0 Å². The molecule has 3 nitrogen and oxygen atoms in total. The van der Waals surface area contributed by atoms with E-state index in [0.717, 1.165) is 28.8 Å². The molecule has 0 saturated carbocycles. The summed E-state index contributed by atoms with van der Waals surface area (Å²) in [5.41, 5.74) is 2.06. The lowest BCUT2D eigenvalue weighted by atomic mass is 10.1. The molecule has 0 spiro atoms. The highest BCUT2D eigenvalue weighted by atomic mass is 79.9. The molecule has 96 valence electrons. The van der Waals surface area contributed by atoms with Crippen molar-refractivity contribution in [2.24, 2.45) is 5.92 Å². The second-order valence-electron chi connectivity index (χ2n) is 4.71. The summed E-state index contributed by atoms with van der Waals surface area (Å²) in [5, 5.41) is 8.73. The van der Waals surface area contributed by atoms with Gasteiger partial charge < -0.3 is 10.0 Å². The van der Waals surface area contributed by atoms with Crippen LogP contribution in [0, 0.1) is 5.92 Å². The average molecular weight is 310 g/mol. The molecule has 18 heavy (non-hydrogen) atoms. The zero-order chi connectivity index (χ0) is 13.1. The van der Waals surface area contributed by atoms with Crippen LogP contribution in [0.4, 0.5) is 5.69 Å². The van der Waals surface area contributed by atoms with Crippen molar-refractivity contribution in [3.8, 4) is 0 Å². The minimum atomic E-state index is -0.921. The number of carbonyl (C=O) groups is 1. The first-order valence-corrected chi connectivity index (χ1v) is 6.81. The summed E-state index contributed by atoms with van der Waals surface area (Å²) >= 11 is 3.42. The number of halogens is 1. The van der Waals surface area contributed by atoms with E-state index < -0.39 is 5.97 Å². The maximum Gasteiger partial charge on any atom is 0.328 e. The van der Waals surface area contributed by atoms with Crippen LogP contribution >= 0.6 is 15.9 Å². The molecule has 1 unspecified atom stereocenters. The third-order valence-corrected chi connectivity index (χ3v) is 3.65. The van der Waals surface area contributed by atoms with Crippen LogP contribution in [0.5, 0.6) is 0 Å². The van der Waals surface area contributed by atoms with E-state index in [-0.39, 0.29) is 0 Å². The number of hydrogen-bond donors (Lipinski definition) is 1. The van der Waals surface area contributed by atoms with E-state index in [1.807, 2.05) is 18.2 Å². The Morgan fingerprint density at radius 3 is 2.94 bits per heavy atom. The summed E-state index contributed by atoms with van der Waals surface area (Å²) in [7, 11) is 0. The maximum atomic E-state index is 10.6. The predicted octanol–water partition coefficient (Wildman–Crippen LogP) is 3.39. The van der Waals surface area contributed by atoms with Crippen molar-refractivity contribution >= 4 is 33.7 Å². The topological polar surface area (TPSA) is 40.5 Å². The van der Waals surface area contributed by atoms with E-state index >= 15 is 0 Å². The molecule has 1 saturated heterocycles. The van der Waals surface area contributed by atoms with E-state index in [0.29, 0.717) is 5.92 Å². The lowest BCUT2D eigenvalue weighted by molar-refractivity contribution is -0.131. The molecule has 1 atom stereocenters. The summed E-state index contributed by atoms with van der Waals surface area (Å²) in [6, 6.07) is 6.00. The zero-order valence-corrected chi connectivity index (χ0v) is 11.9. The summed E-state index contributed by atoms with van der Waals surface area (Å²) < 4.78 is 0.962. The highest BCUT2D eigenvalue weighted by molar-refractivity contribution is 9.10. The van der Waals surface area contributed by atoms with Gasteiger partial charge in [0, 0.05) is 29.3 Å². The van der Waals surface area contributed by atoms with Crippen LogP contribution in [0.3, 0.4) is 0 Å². The summed E-state index contributed by atoms with van der Waals surface area (Å²) in [6.07, 6.45) is 4.04. The van der Waals surface area contributed by atoms with E-state index in [4.69, 9.17) is 5.11 Å². The van der Waals surface area contributed by atoms with E-state index in [1.54, 1.807) is 6.08 Å². The van der Waals surface area contributed by atoms with E-state index in [9.17, 15) is 4.79 Å². The second kappa shape index (κ2) is 5.57. The molecule has 1 aliphatic rings. The Kier molecular flexibility index (Phi) is 4.07. The van der Waals surface area contributed by atoms with Gasteiger partial charge in [0.2, 0.25) is 0 Å². The Morgan fingerprint density at radius 2 is 2.33 bits per heavy atom. The molecule has 1 aromatic carbocycles. The van der Waals surface area contributed by atoms with Gasteiger partial charge in [-0.05, 0) is 42.2 Å². The number of nitrogens with zero attached hydrogens (tertiary/aromatic N) is 1. The normalized spacial score (nSPS) is 19.7. The number of anilines is 1. The van der Waals surface area contributed by atoms with E-state index in [2.05, 4.69) is 27.8 Å². The molecule has 0 radical (unpaired) electrons. The summed E-state index contributed by atoms with van der Waals surface area (Å²) in [5.74, 6) is -0.222. The molecule has 0 aromatic heterocycles. The van der Waals surface area contributed by atoms with Crippen LogP contribution in [0.1, 0.15) is 18.9 Å². The van der Waals surface area contributed by atoms with Gasteiger partial charge in [-0.1, -0.05) is 22.9 Å². The van der Waals surface area contributed by atoms with Crippen LogP contribution in [-0.2, 0) is 4.79 Å². The Hall–Kier alpha value is -1.29. The summed E-state index contributed by atoms with van der Waals surface area (Å²) in [4.78, 5) is 12.9. The Morgan fingerprint density at radius 1 is 1.56 bits per heavy atom. The third kappa shape index (κ3) is 3.13. The molecule has 4 heteroatoms. The number of hydrogen-bond acceptors (Lipinski definition) is 2. The minimum Gasteiger partial charge on any atom is -0.478 e. The van der Waals surface area contributed by atoms with Gasteiger partial charge in [-0.3, -0.25) is 0 Å². The highest BCUT2D eigenvalue weighted by Gasteiger charge is 2.20. The number of carboxylic acid groups (broad SMARTS) is 1. The second-order valence-corrected chi connectivity index (χ2v) is 5.63. The van der Waals surface area contributed by atoms with Crippen molar-refractivity contribution in [2.45, 2.75) is 13.3 Å². The first-order valence-electron chi connectivity index (χ1n) is 6.02. The molecule has 0 bridgehead atoms. The first kappa shape index (κ1) is 13.1. The smallest absolute Gasteiger partial charge is 0.328 e. The molecule has 1 fully saturated rings. The van der Waals surface area contributed by atoms with Gasteiger partial charge in [0.1, 0.15) is 0 Å². The molecule has 1 N–H and O–H groups in total. The average Bonchev–Trinajstić information content (AvgIpc) is 2.73. The van der Waals surface area contributed by atoms with Gasteiger partial charge in [0.15, 0.2) is 0 Å². The monoisotopic (exact) mass is 309 g/mol. The van der Waals surface area contributed by atoms with Crippen molar-refractivity contribution in [3.05, 3.63) is 34.3 Å². The maximum absolute atomic E-state index is 10.6. The minimum absolute atomic E-state index is 0.699. The molecular weight excluding hydrogens is 294 g/mol. The van der Waals surface area contributed by atoms with Gasteiger partial charge in [0.05, 0.1) is 0 Å². The predicted molar refractivity (Wildman–Crippen MR) is 76.8 cm³/mol. The van der Waals surface area contributed by atoms with Crippen LogP contribution in [0.15, 0.2) is 28.7 Å². The third-order valence-electron chi connectivity index (χ3n) is 3.16. The van der Waals surface area contributed by atoms with Gasteiger partial charge in [0.25, 0.3) is 0 Å². The molecule has 1 aromatic rings. The van der Waals surface area contributed by atoms with Gasteiger partial charge in [-0.15, -0.1) is 0 Å². The SMILES string of the molecule is CC1CCN(c2ccc(Br)cc2/C=C/C(=O)O)C1. The Bertz CT molecular complexity index is 485. The lowest BCUT2D eigenvalue weighted by Crippen LogP contribution is -2.19. The molecule has 0 aliphatic carbocycles. The number of carboxylic acids is 1. The largest absolute Gasteiger partial charge is 0.478 e.